The second-order valence-corrected chi connectivity index (χ2v) is 7.61. The SMILES string of the molecule is CCCNC1CCN(CC2CCCS2(=O)=O)C1=O. The summed E-state index contributed by atoms with van der Waals surface area (Å²) in [5, 5.41) is 2.89. The molecule has 2 saturated heterocycles. The highest BCUT2D eigenvalue weighted by molar-refractivity contribution is 7.92. The topological polar surface area (TPSA) is 66.5 Å². The van der Waals surface area contributed by atoms with E-state index in [4.69, 9.17) is 0 Å². The van der Waals surface area contributed by atoms with Crippen molar-refractivity contribution in [3.8, 4) is 0 Å². The van der Waals surface area contributed by atoms with Gasteiger partial charge in [0.15, 0.2) is 9.84 Å². The van der Waals surface area contributed by atoms with Crippen LogP contribution in [0.4, 0.5) is 0 Å². The Balaban J connectivity index is 1.90. The summed E-state index contributed by atoms with van der Waals surface area (Å²) in [5.74, 6) is 0.363. The number of rotatable bonds is 5. The molecule has 1 N–H and O–H groups in total. The molecule has 2 fully saturated rings. The van der Waals surface area contributed by atoms with E-state index in [0.717, 1.165) is 25.8 Å². The van der Waals surface area contributed by atoms with E-state index in [9.17, 15) is 13.2 Å². The molecule has 0 aromatic heterocycles. The van der Waals surface area contributed by atoms with Crippen LogP contribution in [-0.4, -0.2) is 55.9 Å². The molecular formula is C12H22N2O3S. The first kappa shape index (κ1) is 13.8. The lowest BCUT2D eigenvalue weighted by Gasteiger charge is -2.20. The van der Waals surface area contributed by atoms with E-state index in [1.807, 2.05) is 0 Å². The molecule has 0 aromatic carbocycles. The maximum Gasteiger partial charge on any atom is 0.239 e. The molecule has 2 aliphatic rings. The molecule has 0 saturated carbocycles. The first-order valence-electron chi connectivity index (χ1n) is 6.78. The van der Waals surface area contributed by atoms with Gasteiger partial charge >= 0.3 is 0 Å². The molecule has 0 spiro atoms. The van der Waals surface area contributed by atoms with Crippen LogP contribution in [0.25, 0.3) is 0 Å². The van der Waals surface area contributed by atoms with Crippen LogP contribution < -0.4 is 5.32 Å². The number of hydrogen-bond donors (Lipinski definition) is 1. The standard InChI is InChI=1S/C12H22N2O3S/c1-2-6-13-11-5-7-14(12(11)15)9-10-4-3-8-18(10,16)17/h10-11,13H,2-9H2,1H3. The molecule has 0 aromatic rings. The van der Waals surface area contributed by atoms with E-state index in [2.05, 4.69) is 12.2 Å². The predicted octanol–water partition coefficient (Wildman–Crippen LogP) is 0.164. The molecule has 104 valence electrons. The molecule has 5 nitrogen and oxygen atoms in total. The lowest BCUT2D eigenvalue weighted by molar-refractivity contribution is -0.129. The van der Waals surface area contributed by atoms with Crippen LogP contribution in [0.3, 0.4) is 0 Å². The third kappa shape index (κ3) is 2.85. The fourth-order valence-electron chi connectivity index (χ4n) is 2.74. The molecule has 1 amide bonds. The fourth-order valence-corrected chi connectivity index (χ4v) is 4.57. The van der Waals surface area contributed by atoms with Gasteiger partial charge in [-0.15, -0.1) is 0 Å². The summed E-state index contributed by atoms with van der Waals surface area (Å²) in [5.41, 5.74) is 0. The summed E-state index contributed by atoms with van der Waals surface area (Å²) in [6.45, 7) is 3.99. The van der Waals surface area contributed by atoms with Crippen molar-refractivity contribution in [2.24, 2.45) is 0 Å². The monoisotopic (exact) mass is 274 g/mol. The second kappa shape index (κ2) is 5.57. The summed E-state index contributed by atoms with van der Waals surface area (Å²) in [6, 6.07) is -0.103. The fraction of sp³-hybridized carbons (Fsp3) is 0.917. The van der Waals surface area contributed by atoms with Crippen LogP contribution >= 0.6 is 0 Å². The highest BCUT2D eigenvalue weighted by Gasteiger charge is 2.37. The van der Waals surface area contributed by atoms with Crippen molar-refractivity contribution in [3.63, 3.8) is 0 Å². The summed E-state index contributed by atoms with van der Waals surface area (Å²) < 4.78 is 23.5. The van der Waals surface area contributed by atoms with Gasteiger partial charge in [0.05, 0.1) is 17.0 Å². The van der Waals surface area contributed by atoms with Gasteiger partial charge in [0.25, 0.3) is 0 Å². The second-order valence-electron chi connectivity index (χ2n) is 5.21. The predicted molar refractivity (Wildman–Crippen MR) is 70.1 cm³/mol. The zero-order valence-electron chi connectivity index (χ0n) is 10.9. The molecule has 2 unspecified atom stereocenters. The zero-order chi connectivity index (χ0) is 13.2. The summed E-state index contributed by atoms with van der Waals surface area (Å²) in [4.78, 5) is 13.8. The summed E-state index contributed by atoms with van der Waals surface area (Å²) >= 11 is 0. The van der Waals surface area contributed by atoms with Crippen LogP contribution in [0, 0.1) is 0 Å². The van der Waals surface area contributed by atoms with Gasteiger partial charge in [-0.3, -0.25) is 4.79 Å². The van der Waals surface area contributed by atoms with Gasteiger partial charge < -0.3 is 10.2 Å². The first-order valence-corrected chi connectivity index (χ1v) is 8.50. The van der Waals surface area contributed by atoms with Gasteiger partial charge in [0.1, 0.15) is 0 Å². The van der Waals surface area contributed by atoms with E-state index in [-0.39, 0.29) is 23.0 Å². The van der Waals surface area contributed by atoms with Crippen LogP contribution in [0.15, 0.2) is 0 Å². The van der Waals surface area contributed by atoms with Crippen LogP contribution in [-0.2, 0) is 14.6 Å². The quantitative estimate of drug-likeness (QED) is 0.776. The van der Waals surface area contributed by atoms with Crippen LogP contribution in [0.1, 0.15) is 32.6 Å². The average Bonchev–Trinajstić information content (AvgIpc) is 2.83. The number of hydrogen-bond acceptors (Lipinski definition) is 4. The van der Waals surface area contributed by atoms with E-state index in [0.29, 0.717) is 19.5 Å². The Morgan fingerprint density at radius 2 is 2.17 bits per heavy atom. The van der Waals surface area contributed by atoms with Crippen molar-refractivity contribution in [1.29, 1.82) is 0 Å². The molecular weight excluding hydrogens is 252 g/mol. The number of nitrogens with zero attached hydrogens (tertiary/aromatic N) is 1. The highest BCUT2D eigenvalue weighted by Crippen LogP contribution is 2.23. The number of sulfone groups is 1. The number of likely N-dealkylation sites (tertiary alicyclic amines) is 1. The van der Waals surface area contributed by atoms with Gasteiger partial charge in [0, 0.05) is 13.1 Å². The highest BCUT2D eigenvalue weighted by atomic mass is 32.2. The molecule has 2 heterocycles. The largest absolute Gasteiger partial charge is 0.340 e. The first-order chi connectivity index (χ1) is 8.54. The maximum absolute atomic E-state index is 12.1. The van der Waals surface area contributed by atoms with Crippen molar-refractivity contribution >= 4 is 15.7 Å². The van der Waals surface area contributed by atoms with Crippen LogP contribution in [0.2, 0.25) is 0 Å². The van der Waals surface area contributed by atoms with Gasteiger partial charge in [-0.1, -0.05) is 6.92 Å². The molecule has 0 aliphatic carbocycles. The summed E-state index contributed by atoms with van der Waals surface area (Å²) in [6.07, 6.45) is 3.25. The Hall–Kier alpha value is -0.620. The normalized spacial score (nSPS) is 31.2. The van der Waals surface area contributed by atoms with E-state index < -0.39 is 9.84 Å². The van der Waals surface area contributed by atoms with Crippen molar-refractivity contribution in [2.75, 3.05) is 25.4 Å². The molecule has 2 atom stereocenters. The minimum absolute atomic E-state index is 0.0746. The molecule has 0 radical (unpaired) electrons. The van der Waals surface area contributed by atoms with Gasteiger partial charge in [-0.05, 0) is 32.2 Å². The van der Waals surface area contributed by atoms with Crippen LogP contribution in [0.5, 0.6) is 0 Å². The Morgan fingerprint density at radius 1 is 1.39 bits per heavy atom. The molecule has 18 heavy (non-hydrogen) atoms. The summed E-state index contributed by atoms with van der Waals surface area (Å²) in [7, 11) is -2.95. The Labute approximate surface area is 109 Å². The Kier molecular flexibility index (Phi) is 4.27. The molecule has 2 aliphatic heterocycles. The van der Waals surface area contributed by atoms with Gasteiger partial charge in [-0.25, -0.2) is 8.42 Å². The lowest BCUT2D eigenvalue weighted by atomic mass is 10.2. The van der Waals surface area contributed by atoms with E-state index >= 15 is 0 Å². The van der Waals surface area contributed by atoms with Crippen molar-refractivity contribution < 1.29 is 13.2 Å². The third-order valence-corrected chi connectivity index (χ3v) is 6.08. The minimum atomic E-state index is -2.95. The molecule has 0 bridgehead atoms. The van der Waals surface area contributed by atoms with Gasteiger partial charge in [-0.2, -0.15) is 0 Å². The van der Waals surface area contributed by atoms with Crippen molar-refractivity contribution in [1.82, 2.24) is 10.2 Å². The van der Waals surface area contributed by atoms with Gasteiger partial charge in [0.2, 0.25) is 5.91 Å². The average molecular weight is 274 g/mol. The van der Waals surface area contributed by atoms with Crippen molar-refractivity contribution in [2.45, 2.75) is 43.9 Å². The third-order valence-electron chi connectivity index (χ3n) is 3.83. The molecule has 6 heteroatoms. The number of amides is 1. The Bertz CT molecular complexity index is 408. The molecule has 2 rings (SSSR count). The zero-order valence-corrected chi connectivity index (χ0v) is 11.7. The Morgan fingerprint density at radius 3 is 2.78 bits per heavy atom. The van der Waals surface area contributed by atoms with Crippen molar-refractivity contribution in [3.05, 3.63) is 0 Å². The number of nitrogens with one attached hydrogen (secondary N) is 1. The maximum atomic E-state index is 12.1. The van der Waals surface area contributed by atoms with E-state index in [1.54, 1.807) is 4.90 Å². The smallest absolute Gasteiger partial charge is 0.239 e. The van der Waals surface area contributed by atoms with E-state index in [1.165, 1.54) is 0 Å². The lowest BCUT2D eigenvalue weighted by Crippen LogP contribution is -2.42. The minimum Gasteiger partial charge on any atom is -0.340 e. The number of carbonyl (C=O) groups is 1. The number of carbonyl (C=O) groups excluding carboxylic acids is 1.